The summed E-state index contributed by atoms with van der Waals surface area (Å²) in [5, 5.41) is 2.97. The van der Waals surface area contributed by atoms with Crippen molar-refractivity contribution >= 4 is 27.6 Å². The lowest BCUT2D eigenvalue weighted by Crippen LogP contribution is -2.33. The molecular weight excluding hydrogens is 404 g/mol. The van der Waals surface area contributed by atoms with Crippen LogP contribution < -0.4 is 9.62 Å². The van der Waals surface area contributed by atoms with Gasteiger partial charge in [0.05, 0.1) is 23.0 Å². The Bertz CT molecular complexity index is 1020. The van der Waals surface area contributed by atoms with Crippen LogP contribution in [0.1, 0.15) is 41.2 Å². The minimum atomic E-state index is -3.27. The maximum atomic E-state index is 12.3. The Morgan fingerprint density at radius 3 is 2.37 bits per heavy atom. The van der Waals surface area contributed by atoms with E-state index in [1.165, 1.54) is 16.4 Å². The lowest BCUT2D eigenvalue weighted by Gasteiger charge is -2.19. The van der Waals surface area contributed by atoms with Crippen molar-refractivity contribution < 1.29 is 22.7 Å². The highest BCUT2D eigenvalue weighted by Gasteiger charge is 2.33. The lowest BCUT2D eigenvalue weighted by atomic mass is 10.0. The van der Waals surface area contributed by atoms with Gasteiger partial charge in [-0.05, 0) is 55.0 Å². The normalized spacial score (nSPS) is 18.6. The van der Waals surface area contributed by atoms with E-state index in [-0.39, 0.29) is 29.9 Å². The van der Waals surface area contributed by atoms with Crippen molar-refractivity contribution in [2.24, 2.45) is 5.92 Å². The molecule has 1 N–H and O–H groups in total. The number of nitrogens with one attached hydrogen (secondary N) is 1. The van der Waals surface area contributed by atoms with Crippen LogP contribution in [-0.2, 0) is 19.6 Å². The molecule has 0 spiro atoms. The fraction of sp³-hybridized carbons (Fsp3) is 0.364. The van der Waals surface area contributed by atoms with Gasteiger partial charge in [-0.25, -0.2) is 13.2 Å². The molecule has 2 aromatic carbocycles. The molecule has 0 bridgehead atoms. The first kappa shape index (κ1) is 20.4. The first-order valence-corrected chi connectivity index (χ1v) is 11.7. The topological polar surface area (TPSA) is 92.8 Å². The summed E-state index contributed by atoms with van der Waals surface area (Å²) in [5.41, 5.74) is 1.84. The zero-order valence-electron chi connectivity index (χ0n) is 16.5. The number of carbonyl (C=O) groups is 2. The summed E-state index contributed by atoms with van der Waals surface area (Å²) in [6, 6.07) is 15.9. The van der Waals surface area contributed by atoms with Gasteiger partial charge in [-0.1, -0.05) is 30.3 Å². The number of hydrogen-bond donors (Lipinski definition) is 1. The molecule has 2 aliphatic rings. The van der Waals surface area contributed by atoms with Crippen molar-refractivity contribution in [2.45, 2.75) is 25.3 Å². The van der Waals surface area contributed by atoms with Crippen LogP contribution in [0.5, 0.6) is 0 Å². The van der Waals surface area contributed by atoms with Gasteiger partial charge in [-0.2, -0.15) is 0 Å². The van der Waals surface area contributed by atoms with Crippen LogP contribution in [-0.4, -0.2) is 39.2 Å². The molecule has 2 fully saturated rings. The molecule has 0 radical (unpaired) electrons. The Balaban J connectivity index is 1.32. The Kier molecular flexibility index (Phi) is 5.76. The minimum Gasteiger partial charge on any atom is -0.452 e. The Labute approximate surface area is 176 Å². The maximum absolute atomic E-state index is 12.3. The average Bonchev–Trinajstić information content (AvgIpc) is 3.53. The fourth-order valence-electron chi connectivity index (χ4n) is 3.69. The van der Waals surface area contributed by atoms with Crippen LogP contribution in [0.15, 0.2) is 54.6 Å². The molecule has 1 aliphatic carbocycles. The molecule has 1 unspecified atom stereocenters. The lowest BCUT2D eigenvalue weighted by molar-refractivity contribution is -0.125. The van der Waals surface area contributed by atoms with Crippen molar-refractivity contribution in [2.75, 3.05) is 23.2 Å². The number of rotatable bonds is 7. The summed E-state index contributed by atoms with van der Waals surface area (Å²) in [6.45, 7) is 0.0764. The van der Waals surface area contributed by atoms with Crippen LogP contribution in [0.3, 0.4) is 0 Å². The van der Waals surface area contributed by atoms with E-state index in [1.807, 2.05) is 30.3 Å². The van der Waals surface area contributed by atoms with Gasteiger partial charge in [-0.3, -0.25) is 9.10 Å². The van der Waals surface area contributed by atoms with Gasteiger partial charge in [0.1, 0.15) is 0 Å². The quantitative estimate of drug-likeness (QED) is 0.685. The number of sulfonamides is 1. The van der Waals surface area contributed by atoms with E-state index in [0.29, 0.717) is 24.6 Å². The third kappa shape index (κ3) is 4.64. The van der Waals surface area contributed by atoms with Crippen LogP contribution in [0.25, 0.3) is 0 Å². The summed E-state index contributed by atoms with van der Waals surface area (Å²) in [6.07, 6.45) is 2.73. The second-order valence-electron chi connectivity index (χ2n) is 7.66. The Morgan fingerprint density at radius 2 is 1.77 bits per heavy atom. The Hall–Kier alpha value is -2.87. The van der Waals surface area contributed by atoms with Gasteiger partial charge >= 0.3 is 5.97 Å². The molecule has 2 aromatic rings. The van der Waals surface area contributed by atoms with Crippen molar-refractivity contribution in [3.05, 3.63) is 65.7 Å². The molecule has 1 amide bonds. The van der Waals surface area contributed by atoms with Crippen molar-refractivity contribution in [3.8, 4) is 0 Å². The van der Waals surface area contributed by atoms with E-state index >= 15 is 0 Å². The fourth-order valence-corrected chi connectivity index (χ4v) is 5.25. The largest absolute Gasteiger partial charge is 0.452 e. The van der Waals surface area contributed by atoms with Gasteiger partial charge in [0.25, 0.3) is 5.91 Å². The second-order valence-corrected chi connectivity index (χ2v) is 9.67. The summed E-state index contributed by atoms with van der Waals surface area (Å²) in [7, 11) is -3.27. The molecule has 8 heteroatoms. The molecule has 1 saturated carbocycles. The van der Waals surface area contributed by atoms with Gasteiger partial charge < -0.3 is 10.1 Å². The summed E-state index contributed by atoms with van der Waals surface area (Å²) in [5.74, 6) is -0.412. The molecule has 0 aromatic heterocycles. The van der Waals surface area contributed by atoms with E-state index in [0.717, 1.165) is 18.4 Å². The number of nitrogens with zero attached hydrogens (tertiary/aromatic N) is 1. The molecule has 7 nitrogen and oxygen atoms in total. The van der Waals surface area contributed by atoms with Crippen LogP contribution >= 0.6 is 0 Å². The average molecular weight is 429 g/mol. The van der Waals surface area contributed by atoms with Crippen LogP contribution in [0.2, 0.25) is 0 Å². The highest BCUT2D eigenvalue weighted by atomic mass is 32.2. The molecule has 4 rings (SSSR count). The maximum Gasteiger partial charge on any atom is 0.338 e. The summed E-state index contributed by atoms with van der Waals surface area (Å²) >= 11 is 0. The number of amides is 1. The first-order chi connectivity index (χ1) is 14.4. The predicted molar refractivity (Wildman–Crippen MR) is 113 cm³/mol. The van der Waals surface area contributed by atoms with Crippen molar-refractivity contribution in [1.82, 2.24) is 5.32 Å². The molecule has 1 heterocycles. The number of carbonyl (C=O) groups excluding carboxylic acids is 2. The van der Waals surface area contributed by atoms with Gasteiger partial charge in [0.2, 0.25) is 10.0 Å². The van der Waals surface area contributed by atoms with Gasteiger partial charge in [0, 0.05) is 6.54 Å². The van der Waals surface area contributed by atoms with Crippen molar-refractivity contribution in [3.63, 3.8) is 0 Å². The SMILES string of the molecule is O=C(COC(=O)c1ccc(N2CCCS2(=O)=O)cc1)NC(c1ccccc1)C1CC1. The number of benzene rings is 2. The van der Waals surface area contributed by atoms with Gasteiger partial charge in [-0.15, -0.1) is 0 Å². The monoisotopic (exact) mass is 428 g/mol. The number of esters is 1. The minimum absolute atomic E-state index is 0.0703. The number of anilines is 1. The zero-order valence-corrected chi connectivity index (χ0v) is 17.3. The molecule has 1 atom stereocenters. The first-order valence-electron chi connectivity index (χ1n) is 10.1. The summed E-state index contributed by atoms with van der Waals surface area (Å²) in [4.78, 5) is 24.6. The zero-order chi connectivity index (χ0) is 21.1. The van der Waals surface area contributed by atoms with Crippen LogP contribution in [0, 0.1) is 5.92 Å². The van der Waals surface area contributed by atoms with Crippen LogP contribution in [0.4, 0.5) is 5.69 Å². The molecule has 30 heavy (non-hydrogen) atoms. The van der Waals surface area contributed by atoms with E-state index < -0.39 is 16.0 Å². The standard InChI is InChI=1S/C22H24N2O5S/c25-20(23-21(17-7-8-17)16-5-2-1-3-6-16)15-29-22(26)18-9-11-19(12-10-18)24-13-4-14-30(24,27)28/h1-3,5-6,9-12,17,21H,4,7-8,13-15H2,(H,23,25). The number of ether oxygens (including phenoxy) is 1. The molecule has 1 saturated heterocycles. The van der Waals surface area contributed by atoms with E-state index in [1.54, 1.807) is 12.1 Å². The number of hydrogen-bond acceptors (Lipinski definition) is 5. The summed E-state index contributed by atoms with van der Waals surface area (Å²) < 4.78 is 30.5. The highest BCUT2D eigenvalue weighted by molar-refractivity contribution is 7.93. The predicted octanol–water partition coefficient (Wildman–Crippen LogP) is 2.65. The van der Waals surface area contributed by atoms with E-state index in [9.17, 15) is 18.0 Å². The third-order valence-electron chi connectivity index (χ3n) is 5.39. The van der Waals surface area contributed by atoms with Gasteiger partial charge in [0.15, 0.2) is 6.61 Å². The molecular formula is C22H24N2O5S. The molecule has 1 aliphatic heterocycles. The Morgan fingerprint density at radius 1 is 1.07 bits per heavy atom. The second kappa shape index (κ2) is 8.47. The smallest absolute Gasteiger partial charge is 0.338 e. The molecule has 158 valence electrons. The van der Waals surface area contributed by atoms with E-state index in [2.05, 4.69) is 5.32 Å². The van der Waals surface area contributed by atoms with Crippen molar-refractivity contribution in [1.29, 1.82) is 0 Å². The third-order valence-corrected chi connectivity index (χ3v) is 7.26. The highest BCUT2D eigenvalue weighted by Crippen LogP contribution is 2.40. The van der Waals surface area contributed by atoms with E-state index in [4.69, 9.17) is 4.74 Å².